The maximum Gasteiger partial charge on any atom is 0.339 e. The molecule has 0 saturated carbocycles. The van der Waals surface area contributed by atoms with Crippen LogP contribution in [0.25, 0.3) is 11.0 Å². The van der Waals surface area contributed by atoms with Crippen molar-refractivity contribution in [2.45, 2.75) is 13.3 Å². The normalized spacial score (nSPS) is 15.0. The minimum Gasteiger partial charge on any atom is -0.507 e. The molecule has 118 valence electrons. The zero-order chi connectivity index (χ0) is 16.8. The number of rotatable bonds is 1. The van der Waals surface area contributed by atoms with E-state index in [-0.39, 0.29) is 11.5 Å². The van der Waals surface area contributed by atoms with Gasteiger partial charge in [0.2, 0.25) is 0 Å². The number of para-hydroxylation sites is 1. The first-order valence-corrected chi connectivity index (χ1v) is 7.30. The summed E-state index contributed by atoms with van der Waals surface area (Å²) >= 11 is 5.68. The van der Waals surface area contributed by atoms with E-state index in [1.165, 1.54) is 0 Å². The van der Waals surface area contributed by atoms with Gasteiger partial charge in [0.05, 0.1) is 11.5 Å². The number of hydrogen-bond donors (Lipinski definition) is 1. The Labute approximate surface area is 138 Å². The van der Waals surface area contributed by atoms with Crippen molar-refractivity contribution >= 4 is 28.4 Å². The molecule has 0 saturated heterocycles. The second-order valence-corrected chi connectivity index (χ2v) is 5.34. The third-order valence-electron chi connectivity index (χ3n) is 3.01. The summed E-state index contributed by atoms with van der Waals surface area (Å²) in [5.74, 6) is 0.0397. The quantitative estimate of drug-likeness (QED) is 0.632. The maximum atomic E-state index is 10.8. The van der Waals surface area contributed by atoms with Crippen LogP contribution in [-0.4, -0.2) is 10.9 Å². The molecule has 5 heteroatoms. The van der Waals surface area contributed by atoms with Crippen molar-refractivity contribution in [2.24, 2.45) is 0 Å². The van der Waals surface area contributed by atoms with Crippen LogP contribution in [0.5, 0.6) is 5.75 Å². The molecule has 0 bridgehead atoms. The molecule has 4 nitrogen and oxygen atoms in total. The average molecular weight is 331 g/mol. The molecular formula is C18H15ClO4. The number of aromatic hydroxyl groups is 1. The van der Waals surface area contributed by atoms with Crippen molar-refractivity contribution < 1.29 is 14.3 Å². The summed E-state index contributed by atoms with van der Waals surface area (Å²) in [5.41, 5.74) is 0.885. The first-order valence-electron chi connectivity index (χ1n) is 6.92. The van der Waals surface area contributed by atoms with Gasteiger partial charge >= 0.3 is 5.63 Å². The van der Waals surface area contributed by atoms with Crippen molar-refractivity contribution in [2.75, 3.05) is 0 Å². The third-order valence-corrected chi connectivity index (χ3v) is 3.29. The summed E-state index contributed by atoms with van der Waals surface area (Å²) in [6.07, 6.45) is 7.92. The number of fused-ring (bicyclic) bond motifs is 1. The molecule has 2 aromatic rings. The Bertz CT molecular complexity index is 872. The van der Waals surface area contributed by atoms with Crippen LogP contribution >= 0.6 is 11.6 Å². The molecule has 3 rings (SSSR count). The molecule has 1 aliphatic rings. The van der Waals surface area contributed by atoms with Crippen molar-refractivity contribution in [3.8, 4) is 5.75 Å². The van der Waals surface area contributed by atoms with Crippen LogP contribution in [0, 0.1) is 0 Å². The van der Waals surface area contributed by atoms with E-state index in [0.717, 1.165) is 23.1 Å². The molecule has 1 heterocycles. The van der Waals surface area contributed by atoms with E-state index in [9.17, 15) is 14.7 Å². The Morgan fingerprint density at radius 2 is 2.04 bits per heavy atom. The molecule has 0 atom stereocenters. The molecule has 1 aromatic carbocycles. The van der Waals surface area contributed by atoms with Crippen molar-refractivity contribution in [1.82, 2.24) is 0 Å². The summed E-state index contributed by atoms with van der Waals surface area (Å²) in [5, 5.41) is 10.6. The van der Waals surface area contributed by atoms with Gasteiger partial charge in [0.15, 0.2) is 5.78 Å². The number of allylic oxidation sites excluding steroid dienone is 6. The van der Waals surface area contributed by atoms with Crippen molar-refractivity contribution in [3.63, 3.8) is 0 Å². The van der Waals surface area contributed by atoms with Gasteiger partial charge in [0.25, 0.3) is 0 Å². The predicted octanol–water partition coefficient (Wildman–Crippen LogP) is 4.08. The highest BCUT2D eigenvalue weighted by atomic mass is 35.5. The molecule has 0 aliphatic heterocycles. The molecular weight excluding hydrogens is 316 g/mol. The fourth-order valence-corrected chi connectivity index (χ4v) is 2.14. The lowest BCUT2D eigenvalue weighted by molar-refractivity contribution is -0.112. The molecule has 0 radical (unpaired) electrons. The summed E-state index contributed by atoms with van der Waals surface area (Å²) in [4.78, 5) is 21.4. The Hall–Kier alpha value is -2.59. The second-order valence-electron chi connectivity index (χ2n) is 4.90. The van der Waals surface area contributed by atoms with Gasteiger partial charge in [-0.2, -0.15) is 0 Å². The average Bonchev–Trinajstić information content (AvgIpc) is 2.50. The lowest BCUT2D eigenvalue weighted by Gasteiger charge is -2.02. The Morgan fingerprint density at radius 3 is 2.70 bits per heavy atom. The van der Waals surface area contributed by atoms with E-state index in [2.05, 4.69) is 0 Å². The second kappa shape index (κ2) is 7.61. The minimum absolute atomic E-state index is 0.0400. The van der Waals surface area contributed by atoms with Crippen LogP contribution in [0.3, 0.4) is 0 Å². The largest absolute Gasteiger partial charge is 0.507 e. The molecule has 0 unspecified atom stereocenters. The first kappa shape index (κ1) is 16.8. The minimum atomic E-state index is -0.536. The zero-order valence-electron chi connectivity index (χ0n) is 12.5. The van der Waals surface area contributed by atoms with Crippen LogP contribution in [0.4, 0.5) is 0 Å². The monoisotopic (exact) mass is 330 g/mol. The molecule has 23 heavy (non-hydrogen) atoms. The maximum absolute atomic E-state index is 10.8. The lowest BCUT2D eigenvalue weighted by Crippen LogP contribution is -1.94. The number of benzene rings is 1. The molecule has 1 N–H and O–H groups in total. The first-order chi connectivity index (χ1) is 11.0. The number of carbonyl (C=O) groups is 1. The summed E-state index contributed by atoms with van der Waals surface area (Å²) in [6.45, 7) is 1.54. The van der Waals surface area contributed by atoms with Crippen LogP contribution in [-0.2, 0) is 4.79 Å². The summed E-state index contributed by atoms with van der Waals surface area (Å²) in [6, 6.07) is 7.89. The van der Waals surface area contributed by atoms with E-state index in [1.54, 1.807) is 43.3 Å². The molecule has 0 fully saturated rings. The van der Waals surface area contributed by atoms with E-state index in [1.807, 2.05) is 12.2 Å². The van der Waals surface area contributed by atoms with Crippen LogP contribution in [0.2, 0.25) is 0 Å². The van der Waals surface area contributed by atoms with Gasteiger partial charge in [-0.1, -0.05) is 35.9 Å². The molecule has 1 aromatic heterocycles. The highest BCUT2D eigenvalue weighted by molar-refractivity contribution is 6.31. The Balaban J connectivity index is 0.000000168. The van der Waals surface area contributed by atoms with Gasteiger partial charge in [0.1, 0.15) is 11.3 Å². The van der Waals surface area contributed by atoms with E-state index in [0.29, 0.717) is 11.0 Å². The fraction of sp³-hybridized carbons (Fsp3) is 0.111. The van der Waals surface area contributed by atoms with Gasteiger partial charge < -0.3 is 9.52 Å². The lowest BCUT2D eigenvalue weighted by atomic mass is 10.1. The smallest absolute Gasteiger partial charge is 0.339 e. The topological polar surface area (TPSA) is 67.5 Å². The number of halogens is 1. The number of ketones is 1. The SMILES string of the molecule is CC(=O)C=C1C=CC(Cl)=CC1.O=c1cc(O)c2ccccc2o1. The highest BCUT2D eigenvalue weighted by Crippen LogP contribution is 2.21. The number of hydrogen-bond acceptors (Lipinski definition) is 4. The zero-order valence-corrected chi connectivity index (χ0v) is 13.2. The van der Waals surface area contributed by atoms with Gasteiger partial charge in [-0.05, 0) is 43.2 Å². The summed E-state index contributed by atoms with van der Waals surface area (Å²) in [7, 11) is 0. The van der Waals surface area contributed by atoms with Crippen molar-refractivity contribution in [3.05, 3.63) is 75.7 Å². The predicted molar refractivity (Wildman–Crippen MR) is 90.6 cm³/mol. The molecule has 0 spiro atoms. The van der Waals surface area contributed by atoms with Crippen molar-refractivity contribution in [1.29, 1.82) is 0 Å². The van der Waals surface area contributed by atoms with Gasteiger partial charge in [-0.3, -0.25) is 4.79 Å². The van der Waals surface area contributed by atoms with Gasteiger partial charge in [-0.15, -0.1) is 0 Å². The van der Waals surface area contributed by atoms with E-state index in [4.69, 9.17) is 16.0 Å². The van der Waals surface area contributed by atoms with Gasteiger partial charge in [-0.25, -0.2) is 4.79 Å². The van der Waals surface area contributed by atoms with Crippen LogP contribution in [0.15, 0.2) is 74.5 Å². The van der Waals surface area contributed by atoms with E-state index >= 15 is 0 Å². The Kier molecular flexibility index (Phi) is 5.55. The van der Waals surface area contributed by atoms with E-state index < -0.39 is 5.63 Å². The van der Waals surface area contributed by atoms with Gasteiger partial charge in [0, 0.05) is 5.03 Å². The van der Waals surface area contributed by atoms with Crippen LogP contribution in [0.1, 0.15) is 13.3 Å². The van der Waals surface area contributed by atoms with Crippen LogP contribution < -0.4 is 5.63 Å². The summed E-state index contributed by atoms with van der Waals surface area (Å²) < 4.78 is 4.83. The highest BCUT2D eigenvalue weighted by Gasteiger charge is 2.01. The molecule has 0 amide bonds. The number of carbonyl (C=O) groups excluding carboxylic acids is 1. The standard InChI is InChI=1S/C9H9ClO.C9H6O3/c1-7(11)6-8-2-4-9(10)5-3-8;10-7-5-9(11)12-8-4-2-1-3-6(7)8/h2,4-6H,3H2,1H3;1-5,10H. The Morgan fingerprint density at radius 1 is 1.30 bits per heavy atom. The third kappa shape index (κ3) is 4.97. The fourth-order valence-electron chi connectivity index (χ4n) is 2.00. The molecule has 1 aliphatic carbocycles.